The molecule has 152 valence electrons. The number of nitrogens with one attached hydrogen (secondary N) is 2. The Morgan fingerprint density at radius 2 is 1.71 bits per heavy atom. The van der Waals surface area contributed by atoms with Crippen molar-refractivity contribution in [2.45, 2.75) is 65.2 Å². The molecule has 0 atom stereocenters. The summed E-state index contributed by atoms with van der Waals surface area (Å²) in [6.45, 7) is 9.06. The van der Waals surface area contributed by atoms with Crippen molar-refractivity contribution in [2.75, 3.05) is 11.9 Å². The fourth-order valence-corrected chi connectivity index (χ4v) is 2.71. The van der Waals surface area contributed by atoms with E-state index in [1.54, 1.807) is 4.68 Å². The highest BCUT2D eigenvalue weighted by molar-refractivity contribution is 5.90. The molecule has 6 nitrogen and oxygen atoms in total. The molecule has 0 aliphatic carbocycles. The highest BCUT2D eigenvalue weighted by Gasteiger charge is 2.21. The zero-order chi connectivity index (χ0) is 20.6. The van der Waals surface area contributed by atoms with Crippen molar-refractivity contribution in [3.8, 4) is 5.69 Å². The van der Waals surface area contributed by atoms with E-state index in [0.29, 0.717) is 31.6 Å². The number of carbonyl (C=O) groups excluding carboxylic acids is 2. The Bertz CT molecular complexity index is 776. The van der Waals surface area contributed by atoms with Crippen molar-refractivity contribution in [1.29, 1.82) is 0 Å². The molecule has 1 heterocycles. The number of amides is 2. The van der Waals surface area contributed by atoms with Gasteiger partial charge in [0.15, 0.2) is 0 Å². The van der Waals surface area contributed by atoms with Crippen LogP contribution in [0, 0.1) is 0 Å². The topological polar surface area (TPSA) is 76.0 Å². The Morgan fingerprint density at radius 1 is 1.04 bits per heavy atom. The van der Waals surface area contributed by atoms with E-state index in [1.807, 2.05) is 36.4 Å². The van der Waals surface area contributed by atoms with Gasteiger partial charge in [-0.3, -0.25) is 9.59 Å². The molecular weight excluding hydrogens is 352 g/mol. The average Bonchev–Trinajstić information content (AvgIpc) is 3.07. The number of nitrogens with zero attached hydrogens (tertiary/aromatic N) is 2. The molecule has 0 radical (unpaired) electrons. The lowest BCUT2D eigenvalue weighted by molar-refractivity contribution is -0.121. The van der Waals surface area contributed by atoms with Crippen LogP contribution in [0.3, 0.4) is 0 Å². The summed E-state index contributed by atoms with van der Waals surface area (Å²) in [5.41, 5.74) is 1.67. The number of hydrogen-bond acceptors (Lipinski definition) is 3. The number of carbonyl (C=O) groups is 2. The van der Waals surface area contributed by atoms with Gasteiger partial charge >= 0.3 is 0 Å². The number of aromatic nitrogens is 2. The van der Waals surface area contributed by atoms with Gasteiger partial charge in [0.2, 0.25) is 11.8 Å². The standard InChI is InChI=1S/C22H32N4O2/c1-5-6-15-23-20(27)13-10-14-21(28)24-19-16-18(22(2,3)4)25-26(19)17-11-8-7-9-12-17/h7-9,11-12,16H,5-6,10,13-15H2,1-4H3,(H,23,27)(H,24,28). The first-order valence-corrected chi connectivity index (χ1v) is 10.0. The number of hydrogen-bond donors (Lipinski definition) is 2. The predicted octanol–water partition coefficient (Wildman–Crippen LogP) is 4.19. The van der Waals surface area contributed by atoms with Crippen LogP contribution in [0.2, 0.25) is 0 Å². The maximum Gasteiger partial charge on any atom is 0.225 e. The van der Waals surface area contributed by atoms with Gasteiger partial charge in [-0.25, -0.2) is 4.68 Å². The lowest BCUT2D eigenvalue weighted by Gasteiger charge is -2.14. The SMILES string of the molecule is CCCCNC(=O)CCCC(=O)Nc1cc(C(C)(C)C)nn1-c1ccccc1. The summed E-state index contributed by atoms with van der Waals surface area (Å²) in [4.78, 5) is 24.2. The van der Waals surface area contributed by atoms with E-state index < -0.39 is 0 Å². The first kappa shape index (κ1) is 21.7. The molecule has 2 aromatic rings. The van der Waals surface area contributed by atoms with Gasteiger partial charge in [0, 0.05) is 30.9 Å². The summed E-state index contributed by atoms with van der Waals surface area (Å²) in [5, 5.41) is 10.5. The molecule has 0 bridgehead atoms. The number of anilines is 1. The molecule has 0 saturated heterocycles. The molecule has 1 aromatic heterocycles. The molecule has 1 aromatic carbocycles. The molecule has 2 N–H and O–H groups in total. The zero-order valence-corrected chi connectivity index (χ0v) is 17.4. The maximum absolute atomic E-state index is 12.4. The second kappa shape index (κ2) is 10.1. The normalized spacial score (nSPS) is 11.3. The van der Waals surface area contributed by atoms with Gasteiger partial charge in [-0.1, -0.05) is 52.3 Å². The molecule has 0 unspecified atom stereocenters. The molecule has 6 heteroatoms. The first-order valence-electron chi connectivity index (χ1n) is 10.0. The fourth-order valence-electron chi connectivity index (χ4n) is 2.71. The minimum absolute atomic E-state index is 0.00518. The van der Waals surface area contributed by atoms with Gasteiger partial charge in [-0.15, -0.1) is 0 Å². The highest BCUT2D eigenvalue weighted by Crippen LogP contribution is 2.26. The maximum atomic E-state index is 12.4. The van der Waals surface area contributed by atoms with Crippen LogP contribution in [0.25, 0.3) is 5.69 Å². The smallest absolute Gasteiger partial charge is 0.225 e. The first-order chi connectivity index (χ1) is 13.3. The molecule has 0 aliphatic heterocycles. The third-order valence-electron chi connectivity index (χ3n) is 4.41. The largest absolute Gasteiger partial charge is 0.356 e. The van der Waals surface area contributed by atoms with Gasteiger partial charge in [-0.05, 0) is 25.0 Å². The Labute approximate surface area is 167 Å². The van der Waals surface area contributed by atoms with Crippen LogP contribution >= 0.6 is 0 Å². The Balaban J connectivity index is 1.99. The molecule has 2 amide bonds. The van der Waals surface area contributed by atoms with Crippen LogP contribution in [0.5, 0.6) is 0 Å². The third-order valence-corrected chi connectivity index (χ3v) is 4.41. The molecular formula is C22H32N4O2. The van der Waals surface area contributed by atoms with E-state index >= 15 is 0 Å². The number of para-hydroxylation sites is 1. The minimum Gasteiger partial charge on any atom is -0.356 e. The van der Waals surface area contributed by atoms with Gasteiger partial charge in [0.1, 0.15) is 5.82 Å². The summed E-state index contributed by atoms with van der Waals surface area (Å²) in [5.74, 6) is 0.540. The van der Waals surface area contributed by atoms with E-state index in [1.165, 1.54) is 0 Å². The van der Waals surface area contributed by atoms with E-state index in [-0.39, 0.29) is 17.2 Å². The lowest BCUT2D eigenvalue weighted by Crippen LogP contribution is -2.24. The Morgan fingerprint density at radius 3 is 2.36 bits per heavy atom. The number of rotatable bonds is 9. The minimum atomic E-state index is -0.129. The van der Waals surface area contributed by atoms with Crippen LogP contribution < -0.4 is 10.6 Å². The van der Waals surface area contributed by atoms with Crippen molar-refractivity contribution < 1.29 is 9.59 Å². The van der Waals surface area contributed by atoms with E-state index in [2.05, 4.69) is 38.3 Å². The monoisotopic (exact) mass is 384 g/mol. The second-order valence-electron chi connectivity index (χ2n) is 8.02. The van der Waals surface area contributed by atoms with Crippen LogP contribution in [0.15, 0.2) is 36.4 Å². The highest BCUT2D eigenvalue weighted by atomic mass is 16.2. The number of benzene rings is 1. The van der Waals surface area contributed by atoms with Crippen LogP contribution in [-0.4, -0.2) is 28.1 Å². The summed E-state index contributed by atoms with van der Waals surface area (Å²) >= 11 is 0. The van der Waals surface area contributed by atoms with Crippen LogP contribution in [0.4, 0.5) is 5.82 Å². The fraction of sp³-hybridized carbons (Fsp3) is 0.500. The molecule has 0 aliphatic rings. The van der Waals surface area contributed by atoms with Crippen molar-refractivity contribution in [3.05, 3.63) is 42.1 Å². The zero-order valence-electron chi connectivity index (χ0n) is 17.4. The lowest BCUT2D eigenvalue weighted by atomic mass is 9.92. The Hall–Kier alpha value is -2.63. The Kier molecular flexibility index (Phi) is 7.79. The van der Waals surface area contributed by atoms with Crippen LogP contribution in [-0.2, 0) is 15.0 Å². The number of unbranched alkanes of at least 4 members (excludes halogenated alkanes) is 1. The summed E-state index contributed by atoms with van der Waals surface area (Å²) in [6, 6.07) is 11.7. The third kappa shape index (κ3) is 6.51. The molecule has 0 saturated carbocycles. The van der Waals surface area contributed by atoms with Crippen molar-refractivity contribution >= 4 is 17.6 Å². The average molecular weight is 385 g/mol. The van der Waals surface area contributed by atoms with E-state index in [0.717, 1.165) is 24.2 Å². The second-order valence-corrected chi connectivity index (χ2v) is 8.02. The molecule has 0 spiro atoms. The van der Waals surface area contributed by atoms with Crippen molar-refractivity contribution in [1.82, 2.24) is 15.1 Å². The van der Waals surface area contributed by atoms with Gasteiger partial charge in [0.25, 0.3) is 0 Å². The van der Waals surface area contributed by atoms with E-state index in [9.17, 15) is 9.59 Å². The van der Waals surface area contributed by atoms with Gasteiger partial charge in [0.05, 0.1) is 11.4 Å². The van der Waals surface area contributed by atoms with Gasteiger partial charge < -0.3 is 10.6 Å². The summed E-state index contributed by atoms with van der Waals surface area (Å²) < 4.78 is 1.76. The van der Waals surface area contributed by atoms with Gasteiger partial charge in [-0.2, -0.15) is 5.10 Å². The summed E-state index contributed by atoms with van der Waals surface area (Å²) in [7, 11) is 0. The van der Waals surface area contributed by atoms with Crippen LogP contribution in [0.1, 0.15) is 65.5 Å². The predicted molar refractivity (Wildman–Crippen MR) is 113 cm³/mol. The molecule has 0 fully saturated rings. The van der Waals surface area contributed by atoms with E-state index in [4.69, 9.17) is 5.10 Å². The quantitative estimate of drug-likeness (QED) is 0.636. The van der Waals surface area contributed by atoms with Crippen molar-refractivity contribution in [3.63, 3.8) is 0 Å². The van der Waals surface area contributed by atoms with Crippen molar-refractivity contribution in [2.24, 2.45) is 0 Å². The summed E-state index contributed by atoms with van der Waals surface area (Å²) in [6.07, 6.45) is 3.21. The molecule has 2 rings (SSSR count). The molecule has 28 heavy (non-hydrogen) atoms.